The van der Waals surface area contributed by atoms with Gasteiger partial charge in [0.15, 0.2) is 5.96 Å². The van der Waals surface area contributed by atoms with Crippen molar-refractivity contribution in [1.82, 2.24) is 15.5 Å². The zero-order chi connectivity index (χ0) is 17.3. The Kier molecular flexibility index (Phi) is 4.67. The monoisotopic (exact) mass is 344 g/mol. The van der Waals surface area contributed by atoms with E-state index < -0.39 is 0 Å². The lowest BCUT2D eigenvalue weighted by molar-refractivity contribution is 0.314. The summed E-state index contributed by atoms with van der Waals surface area (Å²) in [7, 11) is 1.81. The van der Waals surface area contributed by atoms with Crippen molar-refractivity contribution in [2.75, 3.05) is 33.2 Å². The number of rotatable bonds is 6. The van der Waals surface area contributed by atoms with Crippen molar-refractivity contribution in [3.63, 3.8) is 0 Å². The molecule has 4 nitrogen and oxygen atoms in total. The summed E-state index contributed by atoms with van der Waals surface area (Å²) in [5, 5.41) is 6.90. The Morgan fingerprint density at radius 1 is 1.24 bits per heavy atom. The summed E-state index contributed by atoms with van der Waals surface area (Å²) >= 11 is 0. The molecule has 136 valence electrons. The van der Waals surface area contributed by atoms with Gasteiger partial charge < -0.3 is 15.5 Å². The number of hydrogen-bond acceptors (Lipinski definition) is 2. The molecule has 3 fully saturated rings. The maximum Gasteiger partial charge on any atom is 0.191 e. The molecule has 1 aliphatic heterocycles. The predicted octanol–water partition coefficient (Wildman–Crippen LogP) is 2.51. The average Bonchev–Trinajstić information content (AvgIpc) is 3.55. The van der Waals surface area contributed by atoms with Crippen LogP contribution >= 0.6 is 0 Å². The van der Waals surface area contributed by atoms with Gasteiger partial charge in [0.1, 0.15) is 5.82 Å². The number of hydrogen-bond donors (Lipinski definition) is 2. The van der Waals surface area contributed by atoms with E-state index >= 15 is 0 Å². The minimum absolute atomic E-state index is 0.0565. The van der Waals surface area contributed by atoms with Crippen LogP contribution in [-0.4, -0.2) is 50.1 Å². The fourth-order valence-corrected chi connectivity index (χ4v) is 4.10. The van der Waals surface area contributed by atoms with Crippen LogP contribution in [0.1, 0.15) is 37.7 Å². The van der Waals surface area contributed by atoms with Gasteiger partial charge in [-0.25, -0.2) is 4.39 Å². The van der Waals surface area contributed by atoms with Gasteiger partial charge in [0, 0.05) is 38.1 Å². The molecule has 0 spiro atoms. The first-order valence-corrected chi connectivity index (χ1v) is 9.64. The van der Waals surface area contributed by atoms with Crippen LogP contribution in [0.2, 0.25) is 0 Å². The maximum atomic E-state index is 14.1. The molecule has 2 saturated carbocycles. The fourth-order valence-electron chi connectivity index (χ4n) is 4.10. The molecule has 0 bridgehead atoms. The van der Waals surface area contributed by atoms with E-state index in [1.54, 1.807) is 12.1 Å². The largest absolute Gasteiger partial charge is 0.356 e. The first-order valence-electron chi connectivity index (χ1n) is 9.64. The van der Waals surface area contributed by atoms with E-state index in [-0.39, 0.29) is 11.2 Å². The van der Waals surface area contributed by atoms with Crippen LogP contribution in [0.4, 0.5) is 4.39 Å². The summed E-state index contributed by atoms with van der Waals surface area (Å²) < 4.78 is 14.1. The van der Waals surface area contributed by atoms with Crippen LogP contribution in [0.25, 0.3) is 0 Å². The van der Waals surface area contributed by atoms with E-state index in [9.17, 15) is 4.39 Å². The Balaban J connectivity index is 1.26. The summed E-state index contributed by atoms with van der Waals surface area (Å²) in [5.74, 6) is 1.46. The lowest BCUT2D eigenvalue weighted by Gasteiger charge is -2.21. The quantitative estimate of drug-likeness (QED) is 0.615. The van der Waals surface area contributed by atoms with E-state index in [1.807, 2.05) is 19.2 Å². The van der Waals surface area contributed by atoms with Gasteiger partial charge >= 0.3 is 0 Å². The zero-order valence-corrected chi connectivity index (χ0v) is 15.1. The molecule has 0 aromatic heterocycles. The van der Waals surface area contributed by atoms with Crippen LogP contribution in [0.3, 0.4) is 0 Å². The third-order valence-corrected chi connectivity index (χ3v) is 6.06. The second-order valence-corrected chi connectivity index (χ2v) is 7.95. The highest BCUT2D eigenvalue weighted by Crippen LogP contribution is 2.48. The van der Waals surface area contributed by atoms with Crippen LogP contribution in [-0.2, 0) is 5.41 Å². The van der Waals surface area contributed by atoms with Gasteiger partial charge in [-0.15, -0.1) is 0 Å². The van der Waals surface area contributed by atoms with Crippen LogP contribution in [0, 0.1) is 11.7 Å². The smallest absolute Gasteiger partial charge is 0.191 e. The molecular weight excluding hydrogens is 315 g/mol. The van der Waals surface area contributed by atoms with E-state index in [0.29, 0.717) is 5.92 Å². The Bertz CT molecular complexity index is 636. The minimum Gasteiger partial charge on any atom is -0.356 e. The first-order chi connectivity index (χ1) is 12.2. The molecule has 1 aromatic rings. The molecule has 2 aliphatic carbocycles. The van der Waals surface area contributed by atoms with Gasteiger partial charge in [0.2, 0.25) is 0 Å². The third-order valence-electron chi connectivity index (χ3n) is 6.06. The lowest BCUT2D eigenvalue weighted by Crippen LogP contribution is -2.43. The Hall–Kier alpha value is -1.62. The van der Waals surface area contributed by atoms with Gasteiger partial charge in [0.05, 0.1) is 0 Å². The summed E-state index contributed by atoms with van der Waals surface area (Å²) in [6.45, 7) is 4.18. The highest BCUT2D eigenvalue weighted by molar-refractivity contribution is 5.79. The molecule has 25 heavy (non-hydrogen) atoms. The highest BCUT2D eigenvalue weighted by atomic mass is 19.1. The number of likely N-dealkylation sites (tertiary alicyclic amines) is 1. The first kappa shape index (κ1) is 16.8. The predicted molar refractivity (Wildman–Crippen MR) is 99.4 cm³/mol. The standard InChI is InChI=1S/C20H29FN4/c1-22-19(23-12-15-8-11-25(13-15)16-6-7-16)24-14-20(9-10-20)17-4-2-3-5-18(17)21/h2-5,15-16H,6-14H2,1H3,(H2,22,23,24). The Morgan fingerprint density at radius 2 is 2.04 bits per heavy atom. The molecule has 1 saturated heterocycles. The highest BCUT2D eigenvalue weighted by Gasteiger charge is 2.45. The number of aliphatic imine (C=N–C) groups is 1. The normalized spacial score (nSPS) is 25.8. The van der Waals surface area contributed by atoms with E-state index in [4.69, 9.17) is 0 Å². The van der Waals surface area contributed by atoms with Crippen molar-refractivity contribution in [3.05, 3.63) is 35.6 Å². The van der Waals surface area contributed by atoms with Crippen molar-refractivity contribution in [2.24, 2.45) is 10.9 Å². The van der Waals surface area contributed by atoms with Crippen molar-refractivity contribution >= 4 is 5.96 Å². The van der Waals surface area contributed by atoms with Crippen molar-refractivity contribution < 1.29 is 4.39 Å². The summed E-state index contributed by atoms with van der Waals surface area (Å²) in [6, 6.07) is 8.05. The molecule has 3 aliphatic rings. The van der Waals surface area contributed by atoms with Crippen LogP contribution in [0.5, 0.6) is 0 Å². The Labute approximate surface area is 149 Å². The number of halogens is 1. The number of nitrogens with one attached hydrogen (secondary N) is 2. The van der Waals surface area contributed by atoms with Gasteiger partial charge in [-0.3, -0.25) is 4.99 Å². The average molecular weight is 344 g/mol. The van der Waals surface area contributed by atoms with Crippen molar-refractivity contribution in [2.45, 2.75) is 43.6 Å². The fraction of sp³-hybridized carbons (Fsp3) is 0.650. The summed E-state index contributed by atoms with van der Waals surface area (Å²) in [6.07, 6.45) is 6.14. The van der Waals surface area contributed by atoms with Crippen LogP contribution in [0.15, 0.2) is 29.3 Å². The van der Waals surface area contributed by atoms with E-state index in [2.05, 4.69) is 20.5 Å². The van der Waals surface area contributed by atoms with E-state index in [0.717, 1.165) is 43.5 Å². The molecule has 5 heteroatoms. The van der Waals surface area contributed by atoms with Gasteiger partial charge in [-0.1, -0.05) is 18.2 Å². The third kappa shape index (κ3) is 3.81. The zero-order valence-electron chi connectivity index (χ0n) is 15.1. The minimum atomic E-state index is -0.0872. The molecular formula is C20H29FN4. The molecule has 0 amide bonds. The lowest BCUT2D eigenvalue weighted by atomic mass is 9.95. The van der Waals surface area contributed by atoms with E-state index in [1.165, 1.54) is 32.4 Å². The second kappa shape index (κ2) is 6.94. The van der Waals surface area contributed by atoms with Crippen molar-refractivity contribution in [3.8, 4) is 0 Å². The molecule has 1 heterocycles. The Morgan fingerprint density at radius 3 is 2.72 bits per heavy atom. The molecule has 0 radical (unpaired) electrons. The topological polar surface area (TPSA) is 39.7 Å². The number of benzene rings is 1. The SMILES string of the molecule is CN=C(NCC1CCN(C2CC2)C1)NCC1(c2ccccc2F)CC1. The molecule has 4 rings (SSSR count). The second-order valence-electron chi connectivity index (χ2n) is 7.95. The van der Waals surface area contributed by atoms with Crippen LogP contribution < -0.4 is 10.6 Å². The van der Waals surface area contributed by atoms with Gasteiger partial charge in [-0.05, 0) is 56.2 Å². The summed E-state index contributed by atoms with van der Waals surface area (Å²) in [4.78, 5) is 6.99. The van der Waals surface area contributed by atoms with Crippen molar-refractivity contribution in [1.29, 1.82) is 0 Å². The number of guanidine groups is 1. The molecule has 2 N–H and O–H groups in total. The van der Waals surface area contributed by atoms with Gasteiger partial charge in [0.25, 0.3) is 0 Å². The molecule has 1 aromatic carbocycles. The summed E-state index contributed by atoms with van der Waals surface area (Å²) in [5.41, 5.74) is 0.785. The molecule has 1 atom stereocenters. The maximum absolute atomic E-state index is 14.1. The number of nitrogens with zero attached hydrogens (tertiary/aromatic N) is 2. The van der Waals surface area contributed by atoms with Gasteiger partial charge in [-0.2, -0.15) is 0 Å². The molecule has 1 unspecified atom stereocenters.